The molecule has 1 aliphatic heterocycles. The van der Waals surface area contributed by atoms with Gasteiger partial charge in [-0.3, -0.25) is 0 Å². The van der Waals surface area contributed by atoms with E-state index in [0.717, 1.165) is 25.5 Å². The summed E-state index contributed by atoms with van der Waals surface area (Å²) in [5.41, 5.74) is 0. The van der Waals surface area contributed by atoms with Crippen LogP contribution in [0.3, 0.4) is 0 Å². The van der Waals surface area contributed by atoms with Crippen LogP contribution in [-0.4, -0.2) is 31.2 Å². The van der Waals surface area contributed by atoms with Gasteiger partial charge in [-0.1, -0.05) is 6.92 Å². The van der Waals surface area contributed by atoms with E-state index in [2.05, 4.69) is 19.2 Å². The molecular formula is C9H18ClNO. The van der Waals surface area contributed by atoms with Crippen molar-refractivity contribution in [2.75, 3.05) is 19.1 Å². The van der Waals surface area contributed by atoms with Crippen LogP contribution in [0.25, 0.3) is 0 Å². The first kappa shape index (κ1) is 10.3. The second-order valence-electron chi connectivity index (χ2n) is 3.65. The van der Waals surface area contributed by atoms with Crippen LogP contribution in [0.4, 0.5) is 0 Å². The maximum absolute atomic E-state index is 5.76. The topological polar surface area (TPSA) is 21.3 Å². The molecule has 0 amide bonds. The molecule has 0 bridgehead atoms. The Balaban J connectivity index is 2.19. The molecule has 12 heavy (non-hydrogen) atoms. The second-order valence-corrected chi connectivity index (χ2v) is 3.96. The third-order valence-corrected chi connectivity index (χ3v) is 3.01. The third kappa shape index (κ3) is 2.92. The minimum absolute atomic E-state index is 0.495. The summed E-state index contributed by atoms with van der Waals surface area (Å²) in [5.74, 6) is 1.26. The molecule has 3 atom stereocenters. The first-order chi connectivity index (χ1) is 5.74. The van der Waals surface area contributed by atoms with Crippen LogP contribution in [0.5, 0.6) is 0 Å². The molecule has 0 aromatic rings. The van der Waals surface area contributed by atoms with E-state index in [0.29, 0.717) is 18.0 Å². The van der Waals surface area contributed by atoms with Crippen molar-refractivity contribution in [3.05, 3.63) is 0 Å². The van der Waals surface area contributed by atoms with E-state index >= 15 is 0 Å². The van der Waals surface area contributed by atoms with Gasteiger partial charge < -0.3 is 10.1 Å². The van der Waals surface area contributed by atoms with Crippen molar-refractivity contribution in [1.82, 2.24) is 5.32 Å². The van der Waals surface area contributed by atoms with Gasteiger partial charge in [-0.2, -0.15) is 0 Å². The van der Waals surface area contributed by atoms with Crippen LogP contribution < -0.4 is 5.32 Å². The molecule has 1 rings (SSSR count). The Hall–Kier alpha value is 0.210. The van der Waals surface area contributed by atoms with Crippen LogP contribution >= 0.6 is 11.6 Å². The standard InChI is InChI=1S/C9H18ClNO/c1-7(5-10)8(2)11-9-3-4-12-6-9/h7-9,11H,3-6H2,1-2H3. The van der Waals surface area contributed by atoms with Gasteiger partial charge in [-0.15, -0.1) is 11.6 Å². The van der Waals surface area contributed by atoms with Gasteiger partial charge in [0.25, 0.3) is 0 Å². The summed E-state index contributed by atoms with van der Waals surface area (Å²) >= 11 is 5.76. The predicted octanol–water partition coefficient (Wildman–Crippen LogP) is 1.63. The smallest absolute Gasteiger partial charge is 0.0620 e. The van der Waals surface area contributed by atoms with E-state index < -0.39 is 0 Å². The van der Waals surface area contributed by atoms with Crippen molar-refractivity contribution in [2.24, 2.45) is 5.92 Å². The van der Waals surface area contributed by atoms with Gasteiger partial charge in [0.1, 0.15) is 0 Å². The summed E-state index contributed by atoms with van der Waals surface area (Å²) in [5, 5.41) is 3.52. The summed E-state index contributed by atoms with van der Waals surface area (Å²) in [6, 6.07) is 1.04. The highest BCUT2D eigenvalue weighted by Crippen LogP contribution is 2.09. The molecule has 1 saturated heterocycles. The van der Waals surface area contributed by atoms with Crippen molar-refractivity contribution in [1.29, 1.82) is 0 Å². The molecule has 72 valence electrons. The first-order valence-electron chi connectivity index (χ1n) is 4.63. The van der Waals surface area contributed by atoms with Crippen molar-refractivity contribution >= 4 is 11.6 Å². The van der Waals surface area contributed by atoms with Crippen LogP contribution in [0.2, 0.25) is 0 Å². The normalized spacial score (nSPS) is 28.8. The van der Waals surface area contributed by atoms with Gasteiger partial charge in [0.2, 0.25) is 0 Å². The monoisotopic (exact) mass is 191 g/mol. The van der Waals surface area contributed by atoms with E-state index in [-0.39, 0.29) is 0 Å². The fourth-order valence-electron chi connectivity index (χ4n) is 1.34. The summed E-state index contributed by atoms with van der Waals surface area (Å²) in [4.78, 5) is 0. The molecule has 0 aromatic heterocycles. The Labute approximate surface area is 79.6 Å². The molecule has 0 saturated carbocycles. The minimum Gasteiger partial charge on any atom is -0.380 e. The summed E-state index contributed by atoms with van der Waals surface area (Å²) in [7, 11) is 0. The molecule has 1 heterocycles. The molecule has 0 spiro atoms. The lowest BCUT2D eigenvalue weighted by Gasteiger charge is -2.22. The Bertz CT molecular complexity index is 126. The predicted molar refractivity (Wildman–Crippen MR) is 51.7 cm³/mol. The Morgan fingerprint density at radius 2 is 2.33 bits per heavy atom. The molecule has 0 radical (unpaired) electrons. The maximum atomic E-state index is 5.76. The van der Waals surface area contributed by atoms with Crippen LogP contribution in [0.1, 0.15) is 20.3 Å². The number of ether oxygens (including phenoxy) is 1. The van der Waals surface area contributed by atoms with Gasteiger partial charge >= 0.3 is 0 Å². The minimum atomic E-state index is 0.495. The highest BCUT2D eigenvalue weighted by atomic mass is 35.5. The molecular weight excluding hydrogens is 174 g/mol. The van der Waals surface area contributed by atoms with Crippen molar-refractivity contribution in [2.45, 2.75) is 32.4 Å². The summed E-state index contributed by atoms with van der Waals surface area (Å²) in [6.45, 7) is 6.12. The number of hydrogen-bond acceptors (Lipinski definition) is 2. The van der Waals surface area contributed by atoms with Gasteiger partial charge in [-0.05, 0) is 19.3 Å². The van der Waals surface area contributed by atoms with Crippen LogP contribution in [0, 0.1) is 5.92 Å². The zero-order chi connectivity index (χ0) is 8.97. The lowest BCUT2D eigenvalue weighted by molar-refractivity contribution is 0.186. The molecule has 1 N–H and O–H groups in total. The summed E-state index contributed by atoms with van der Waals surface area (Å²) < 4.78 is 5.28. The van der Waals surface area contributed by atoms with Gasteiger partial charge in [0, 0.05) is 24.6 Å². The molecule has 3 unspecified atom stereocenters. The number of alkyl halides is 1. The lowest BCUT2D eigenvalue weighted by atomic mass is 10.1. The van der Waals surface area contributed by atoms with Crippen molar-refractivity contribution in [3.8, 4) is 0 Å². The average Bonchev–Trinajstić information content (AvgIpc) is 2.55. The van der Waals surface area contributed by atoms with E-state index in [1.807, 2.05) is 0 Å². The van der Waals surface area contributed by atoms with Crippen LogP contribution in [0.15, 0.2) is 0 Å². The first-order valence-corrected chi connectivity index (χ1v) is 5.17. The highest BCUT2D eigenvalue weighted by molar-refractivity contribution is 6.18. The number of rotatable bonds is 4. The molecule has 2 nitrogen and oxygen atoms in total. The van der Waals surface area contributed by atoms with Crippen LogP contribution in [-0.2, 0) is 4.74 Å². The van der Waals surface area contributed by atoms with E-state index in [9.17, 15) is 0 Å². The molecule has 0 aliphatic carbocycles. The zero-order valence-electron chi connectivity index (χ0n) is 7.85. The number of halogens is 1. The number of nitrogens with one attached hydrogen (secondary N) is 1. The van der Waals surface area contributed by atoms with Crippen molar-refractivity contribution < 1.29 is 4.74 Å². The Kier molecular flexibility index (Phi) is 4.33. The van der Waals surface area contributed by atoms with E-state index in [1.165, 1.54) is 0 Å². The van der Waals surface area contributed by atoms with E-state index in [4.69, 9.17) is 16.3 Å². The average molecular weight is 192 g/mol. The quantitative estimate of drug-likeness (QED) is 0.683. The van der Waals surface area contributed by atoms with E-state index in [1.54, 1.807) is 0 Å². The fraction of sp³-hybridized carbons (Fsp3) is 1.00. The SMILES string of the molecule is CC(CCl)C(C)NC1CCOC1. The Morgan fingerprint density at radius 3 is 2.83 bits per heavy atom. The third-order valence-electron chi connectivity index (χ3n) is 2.53. The molecule has 1 aliphatic rings. The van der Waals surface area contributed by atoms with Gasteiger partial charge in [-0.25, -0.2) is 0 Å². The van der Waals surface area contributed by atoms with Gasteiger partial charge in [0.15, 0.2) is 0 Å². The molecule has 3 heteroatoms. The molecule has 0 aromatic carbocycles. The highest BCUT2D eigenvalue weighted by Gasteiger charge is 2.19. The maximum Gasteiger partial charge on any atom is 0.0620 e. The lowest BCUT2D eigenvalue weighted by Crippen LogP contribution is -2.40. The van der Waals surface area contributed by atoms with Gasteiger partial charge in [0.05, 0.1) is 6.61 Å². The Morgan fingerprint density at radius 1 is 1.58 bits per heavy atom. The van der Waals surface area contributed by atoms with Crippen molar-refractivity contribution in [3.63, 3.8) is 0 Å². The second kappa shape index (κ2) is 5.05. The molecule has 1 fully saturated rings. The summed E-state index contributed by atoms with van der Waals surface area (Å²) in [6.07, 6.45) is 1.14. The zero-order valence-corrected chi connectivity index (χ0v) is 8.60. The largest absolute Gasteiger partial charge is 0.380 e. The number of hydrogen-bond donors (Lipinski definition) is 1. The fourth-order valence-corrected chi connectivity index (χ4v) is 1.60.